The van der Waals surface area contributed by atoms with E-state index in [0.29, 0.717) is 27.5 Å². The van der Waals surface area contributed by atoms with Crippen LogP contribution in [-0.4, -0.2) is 19.0 Å². The van der Waals surface area contributed by atoms with Crippen molar-refractivity contribution in [3.8, 4) is 11.5 Å². The van der Waals surface area contributed by atoms with E-state index in [-0.39, 0.29) is 11.3 Å². The van der Waals surface area contributed by atoms with E-state index < -0.39 is 12.1 Å². The maximum atomic E-state index is 13.3. The van der Waals surface area contributed by atoms with Crippen LogP contribution in [0.1, 0.15) is 82.1 Å². The largest absolute Gasteiger partial charge is 0.493 e. The molecule has 0 spiro atoms. The van der Waals surface area contributed by atoms with Crippen molar-refractivity contribution in [1.82, 2.24) is 5.32 Å². The van der Waals surface area contributed by atoms with E-state index in [0.717, 1.165) is 47.4 Å². The number of carbonyl (C=O) groups is 2. The number of anilines is 1. The van der Waals surface area contributed by atoms with E-state index in [1.807, 2.05) is 25.1 Å². The summed E-state index contributed by atoms with van der Waals surface area (Å²) in [5.74, 6) is 0.778. The number of methoxy groups -OCH3 is 1. The van der Waals surface area contributed by atoms with Crippen LogP contribution in [0.2, 0.25) is 0 Å². The zero-order valence-electron chi connectivity index (χ0n) is 22.4. The number of nitrogens with one attached hydrogen (secondary N) is 2. The van der Waals surface area contributed by atoms with Crippen molar-refractivity contribution in [3.05, 3.63) is 73.6 Å². The number of halogens is 1. The molecule has 1 aromatic heterocycles. The van der Waals surface area contributed by atoms with Crippen LogP contribution in [0.25, 0.3) is 0 Å². The minimum absolute atomic E-state index is 0.0561. The quantitative estimate of drug-likeness (QED) is 0.228. The van der Waals surface area contributed by atoms with Crippen molar-refractivity contribution >= 4 is 44.1 Å². The van der Waals surface area contributed by atoms with Crippen molar-refractivity contribution in [2.75, 3.05) is 12.4 Å². The van der Waals surface area contributed by atoms with E-state index >= 15 is 0 Å². The highest BCUT2D eigenvalue weighted by atomic mass is 79.9. The molecule has 0 fully saturated rings. The van der Waals surface area contributed by atoms with E-state index in [1.165, 1.54) is 17.6 Å². The fourth-order valence-corrected chi connectivity index (χ4v) is 7.16. The fraction of sp³-hybridized carbons (Fsp3) is 0.400. The minimum Gasteiger partial charge on any atom is -0.493 e. The number of amides is 1. The average Bonchev–Trinajstić information content (AvgIpc) is 3.28. The van der Waals surface area contributed by atoms with Crippen LogP contribution < -0.4 is 20.1 Å². The maximum absolute atomic E-state index is 13.3. The molecule has 0 unspecified atom stereocenters. The van der Waals surface area contributed by atoms with Gasteiger partial charge in [0.05, 0.1) is 22.7 Å². The van der Waals surface area contributed by atoms with Gasteiger partial charge in [-0.15, -0.1) is 11.3 Å². The molecule has 1 aliphatic heterocycles. The Balaban J connectivity index is 1.39. The van der Waals surface area contributed by atoms with Gasteiger partial charge in [-0.25, -0.2) is 4.79 Å². The molecule has 6 nitrogen and oxygen atoms in total. The van der Waals surface area contributed by atoms with Crippen LogP contribution in [0.3, 0.4) is 0 Å². The van der Waals surface area contributed by atoms with Gasteiger partial charge >= 0.3 is 5.97 Å². The average molecular weight is 598 g/mol. The molecule has 2 heterocycles. The van der Waals surface area contributed by atoms with Gasteiger partial charge in [-0.1, -0.05) is 44.9 Å². The molecule has 0 bridgehead atoms. The minimum atomic E-state index is -0.473. The number of fused-ring (bicyclic) bond motifs is 3. The smallest absolute Gasteiger partial charge is 0.343 e. The van der Waals surface area contributed by atoms with Crippen LogP contribution in [0.5, 0.6) is 11.5 Å². The Morgan fingerprint density at radius 3 is 2.61 bits per heavy atom. The molecule has 1 aliphatic carbocycles. The Kier molecular flexibility index (Phi) is 7.31. The first-order valence-electron chi connectivity index (χ1n) is 13.0. The van der Waals surface area contributed by atoms with E-state index in [4.69, 9.17) is 9.47 Å². The molecule has 2 N–H and O–H groups in total. The van der Waals surface area contributed by atoms with Crippen molar-refractivity contribution < 1.29 is 19.1 Å². The molecule has 1 amide bonds. The van der Waals surface area contributed by atoms with E-state index in [2.05, 4.69) is 47.3 Å². The molecule has 5 rings (SSSR count). The van der Waals surface area contributed by atoms with E-state index in [9.17, 15) is 9.59 Å². The van der Waals surface area contributed by atoms with Crippen molar-refractivity contribution in [2.45, 2.75) is 59.5 Å². The third-order valence-electron chi connectivity index (χ3n) is 8.13. The van der Waals surface area contributed by atoms with Gasteiger partial charge < -0.3 is 20.1 Å². The summed E-state index contributed by atoms with van der Waals surface area (Å²) in [6.45, 7) is 8.92. The number of ether oxygens (including phenoxy) is 2. The summed E-state index contributed by atoms with van der Waals surface area (Å²) >= 11 is 5.26. The molecular weight excluding hydrogens is 564 g/mol. The number of thiophene rings is 1. The highest BCUT2D eigenvalue weighted by Crippen LogP contribution is 2.47. The second-order valence-corrected chi connectivity index (χ2v) is 12.8. The molecule has 0 saturated heterocycles. The molecule has 0 radical (unpaired) electrons. The lowest BCUT2D eigenvalue weighted by Gasteiger charge is -2.36. The number of aryl methyl sites for hydroxylation is 1. The van der Waals surface area contributed by atoms with Gasteiger partial charge in [0.25, 0.3) is 5.91 Å². The molecule has 38 heavy (non-hydrogen) atoms. The lowest BCUT2D eigenvalue weighted by atomic mass is 9.69. The van der Waals surface area contributed by atoms with Crippen molar-refractivity contribution in [2.24, 2.45) is 11.3 Å². The number of benzene rings is 2. The van der Waals surface area contributed by atoms with Crippen LogP contribution in [0.15, 0.2) is 40.9 Å². The predicted octanol–water partition coefficient (Wildman–Crippen LogP) is 7.44. The molecule has 2 atom stereocenters. The van der Waals surface area contributed by atoms with Gasteiger partial charge in [0.15, 0.2) is 11.5 Å². The molecule has 200 valence electrons. The second-order valence-electron chi connectivity index (χ2n) is 10.8. The van der Waals surface area contributed by atoms with Gasteiger partial charge in [0.2, 0.25) is 0 Å². The van der Waals surface area contributed by atoms with Crippen molar-refractivity contribution in [3.63, 3.8) is 0 Å². The normalized spacial score (nSPS) is 18.6. The van der Waals surface area contributed by atoms with Crippen LogP contribution >= 0.6 is 27.3 Å². The number of hydrogen-bond donors (Lipinski definition) is 2. The number of esters is 1. The highest BCUT2D eigenvalue weighted by Gasteiger charge is 2.37. The summed E-state index contributed by atoms with van der Waals surface area (Å²) in [7, 11) is 1.53. The SMILES string of the molecule is CCC(C)(C)[C@@H]1CCc2c(sc3c2C(=O)N[C@H](c2cc(Br)c(OC(=O)c4ccc(C)cc4)c(OC)c2)N3)C1. The van der Waals surface area contributed by atoms with E-state index in [1.54, 1.807) is 29.5 Å². The van der Waals surface area contributed by atoms with Crippen LogP contribution in [0.4, 0.5) is 5.00 Å². The molecule has 8 heteroatoms. The van der Waals surface area contributed by atoms with Gasteiger partial charge in [0.1, 0.15) is 11.2 Å². The van der Waals surface area contributed by atoms with Gasteiger partial charge in [-0.05, 0) is 88.8 Å². The summed E-state index contributed by atoms with van der Waals surface area (Å²) in [5.41, 5.74) is 4.59. The molecule has 2 aliphatic rings. The number of carbonyl (C=O) groups excluding carboxylic acids is 2. The molecular formula is C30H33BrN2O4S. The standard InChI is InChI=1S/C30H33BrN2O4S/c1-6-30(3,4)19-11-12-20-23(15-19)38-28-24(20)27(34)32-26(33-28)18-13-21(31)25(22(14-18)36-5)37-29(35)17-9-7-16(2)8-10-17/h7-10,13-14,19,26,33H,6,11-12,15H2,1-5H3,(H,32,34)/t19-,26+/m1/s1. The third kappa shape index (κ3) is 4.96. The summed E-state index contributed by atoms with van der Waals surface area (Å²) in [6.07, 6.45) is 3.78. The fourth-order valence-electron chi connectivity index (χ4n) is 5.27. The van der Waals surface area contributed by atoms with Crippen LogP contribution in [-0.2, 0) is 12.8 Å². The summed E-state index contributed by atoms with van der Waals surface area (Å²) in [5, 5.41) is 7.58. The first-order chi connectivity index (χ1) is 18.1. The molecule has 3 aromatic rings. The highest BCUT2D eigenvalue weighted by molar-refractivity contribution is 9.10. The summed E-state index contributed by atoms with van der Waals surface area (Å²) < 4.78 is 11.8. The maximum Gasteiger partial charge on any atom is 0.343 e. The first-order valence-corrected chi connectivity index (χ1v) is 14.6. The predicted molar refractivity (Wildman–Crippen MR) is 155 cm³/mol. The lowest BCUT2D eigenvalue weighted by molar-refractivity contribution is 0.0728. The summed E-state index contributed by atoms with van der Waals surface area (Å²) in [6, 6.07) is 10.8. The summed E-state index contributed by atoms with van der Waals surface area (Å²) in [4.78, 5) is 27.4. The zero-order valence-corrected chi connectivity index (χ0v) is 24.8. The zero-order chi connectivity index (χ0) is 27.2. The molecule has 0 saturated carbocycles. The number of rotatable bonds is 6. The number of hydrogen-bond acceptors (Lipinski definition) is 6. The van der Waals surface area contributed by atoms with Gasteiger partial charge in [0, 0.05) is 4.88 Å². The monoisotopic (exact) mass is 596 g/mol. The van der Waals surface area contributed by atoms with Gasteiger partial charge in [-0.2, -0.15) is 0 Å². The lowest BCUT2D eigenvalue weighted by Crippen LogP contribution is -2.38. The Labute approximate surface area is 236 Å². The second kappa shape index (κ2) is 10.4. The third-order valence-corrected chi connectivity index (χ3v) is 9.90. The molecule has 2 aromatic carbocycles. The van der Waals surface area contributed by atoms with Crippen LogP contribution in [0, 0.1) is 18.3 Å². The Morgan fingerprint density at radius 2 is 1.92 bits per heavy atom. The first kappa shape index (κ1) is 26.8. The topological polar surface area (TPSA) is 76.7 Å². The van der Waals surface area contributed by atoms with Crippen molar-refractivity contribution in [1.29, 1.82) is 0 Å². The Bertz CT molecular complexity index is 1400. The van der Waals surface area contributed by atoms with Gasteiger partial charge in [-0.3, -0.25) is 4.79 Å². The Hall–Kier alpha value is -2.84. The Morgan fingerprint density at radius 1 is 1.18 bits per heavy atom.